The fourth-order valence-electron chi connectivity index (χ4n) is 3.35. The molecule has 0 radical (unpaired) electrons. The van der Waals surface area contributed by atoms with E-state index < -0.39 is 16.0 Å². The van der Waals surface area contributed by atoms with Crippen molar-refractivity contribution in [2.24, 2.45) is 0 Å². The van der Waals surface area contributed by atoms with Gasteiger partial charge in [-0.05, 0) is 36.8 Å². The number of anilines is 1. The predicted octanol–water partition coefficient (Wildman–Crippen LogP) is 4.58. The average molecular weight is 462 g/mol. The molecule has 0 amide bonds. The molecule has 0 atom stereocenters. The highest BCUT2D eigenvalue weighted by molar-refractivity contribution is 7.92. The molecule has 1 aromatic heterocycles. The Hall–Kier alpha value is -3.91. The minimum Gasteiger partial charge on any atom is -0.462 e. The van der Waals surface area contributed by atoms with Crippen LogP contribution in [0.4, 0.5) is 5.69 Å². The van der Waals surface area contributed by atoms with Crippen LogP contribution in [0.3, 0.4) is 0 Å². The van der Waals surface area contributed by atoms with Crippen molar-refractivity contribution < 1.29 is 17.9 Å². The van der Waals surface area contributed by atoms with Crippen LogP contribution in [0.5, 0.6) is 0 Å². The first kappa shape index (κ1) is 22.3. The highest BCUT2D eigenvalue weighted by Crippen LogP contribution is 2.28. The third-order valence-electron chi connectivity index (χ3n) is 4.90. The number of sulfonamides is 1. The lowest BCUT2D eigenvalue weighted by Crippen LogP contribution is -2.13. The highest BCUT2D eigenvalue weighted by Gasteiger charge is 2.24. The molecule has 3 aromatic carbocycles. The van der Waals surface area contributed by atoms with E-state index in [9.17, 15) is 13.2 Å². The number of carbonyl (C=O) groups excluding carboxylic acids is 1. The lowest BCUT2D eigenvalue weighted by Gasteiger charge is -2.09. The molecule has 0 spiro atoms. The molecule has 8 heteroatoms. The summed E-state index contributed by atoms with van der Waals surface area (Å²) < 4.78 is 35.8. The molecule has 0 fully saturated rings. The zero-order valence-electron chi connectivity index (χ0n) is 18.0. The maximum atomic E-state index is 13.3. The summed E-state index contributed by atoms with van der Waals surface area (Å²) in [6, 6.07) is 25.0. The molecular formula is C25H23N3O4S. The fourth-order valence-corrected chi connectivity index (χ4v) is 4.58. The van der Waals surface area contributed by atoms with Gasteiger partial charge in [-0.1, -0.05) is 60.7 Å². The molecule has 0 aliphatic heterocycles. The Labute approximate surface area is 192 Å². The molecular weight excluding hydrogens is 438 g/mol. The SMILES string of the molecule is CCOC(=O)c1ccc(NS(=O)(=O)c2cn(Cc3ccccc3)nc2-c2ccccc2)cc1. The van der Waals surface area contributed by atoms with Gasteiger partial charge in [0.15, 0.2) is 0 Å². The molecule has 0 bridgehead atoms. The van der Waals surface area contributed by atoms with Crippen LogP contribution in [0, 0.1) is 0 Å². The van der Waals surface area contributed by atoms with E-state index in [0.717, 1.165) is 5.56 Å². The van der Waals surface area contributed by atoms with E-state index in [-0.39, 0.29) is 11.5 Å². The maximum Gasteiger partial charge on any atom is 0.338 e. The topological polar surface area (TPSA) is 90.3 Å². The van der Waals surface area contributed by atoms with Gasteiger partial charge in [-0.25, -0.2) is 13.2 Å². The van der Waals surface area contributed by atoms with E-state index in [2.05, 4.69) is 9.82 Å². The highest BCUT2D eigenvalue weighted by atomic mass is 32.2. The van der Waals surface area contributed by atoms with Crippen LogP contribution < -0.4 is 4.72 Å². The number of carbonyl (C=O) groups is 1. The van der Waals surface area contributed by atoms with Gasteiger partial charge in [0.05, 0.1) is 18.7 Å². The lowest BCUT2D eigenvalue weighted by molar-refractivity contribution is 0.0526. The number of hydrogen-bond acceptors (Lipinski definition) is 5. The van der Waals surface area contributed by atoms with Gasteiger partial charge in [0.25, 0.3) is 10.0 Å². The summed E-state index contributed by atoms with van der Waals surface area (Å²) in [5.41, 5.74) is 2.74. The summed E-state index contributed by atoms with van der Waals surface area (Å²) in [7, 11) is -3.96. The number of esters is 1. The molecule has 1 heterocycles. The monoisotopic (exact) mass is 461 g/mol. The molecule has 0 aliphatic rings. The van der Waals surface area contributed by atoms with Crippen molar-refractivity contribution in [2.75, 3.05) is 11.3 Å². The van der Waals surface area contributed by atoms with Crippen molar-refractivity contribution in [3.8, 4) is 11.3 Å². The van der Waals surface area contributed by atoms with Crippen molar-refractivity contribution in [3.63, 3.8) is 0 Å². The Balaban J connectivity index is 1.66. The summed E-state index contributed by atoms with van der Waals surface area (Å²) in [6.45, 7) is 2.43. The summed E-state index contributed by atoms with van der Waals surface area (Å²) in [5.74, 6) is -0.458. The molecule has 0 aliphatic carbocycles. The van der Waals surface area contributed by atoms with Gasteiger partial charge in [0.2, 0.25) is 0 Å². The zero-order chi connectivity index (χ0) is 23.3. The number of benzene rings is 3. The minimum absolute atomic E-state index is 0.0686. The van der Waals surface area contributed by atoms with Crippen LogP contribution in [0.2, 0.25) is 0 Å². The molecule has 4 rings (SSSR count). The number of nitrogens with zero attached hydrogens (tertiary/aromatic N) is 2. The average Bonchev–Trinajstić information content (AvgIpc) is 3.26. The number of ether oxygens (including phenoxy) is 1. The second-order valence-corrected chi connectivity index (χ2v) is 8.95. The number of hydrogen-bond donors (Lipinski definition) is 1. The van der Waals surface area contributed by atoms with Crippen molar-refractivity contribution in [3.05, 3.63) is 102 Å². The van der Waals surface area contributed by atoms with Crippen LogP contribution in [-0.4, -0.2) is 30.8 Å². The first-order chi connectivity index (χ1) is 16.0. The van der Waals surface area contributed by atoms with E-state index in [1.807, 2.05) is 60.7 Å². The molecule has 4 aromatic rings. The first-order valence-electron chi connectivity index (χ1n) is 10.4. The van der Waals surface area contributed by atoms with E-state index >= 15 is 0 Å². The Morgan fingerprint density at radius 3 is 2.21 bits per heavy atom. The van der Waals surface area contributed by atoms with Crippen molar-refractivity contribution >= 4 is 21.7 Å². The van der Waals surface area contributed by atoms with E-state index in [0.29, 0.717) is 29.1 Å². The van der Waals surface area contributed by atoms with Crippen LogP contribution in [-0.2, 0) is 21.3 Å². The van der Waals surface area contributed by atoms with Gasteiger partial charge in [-0.2, -0.15) is 5.10 Å². The Kier molecular flexibility index (Phi) is 6.55. The fraction of sp³-hybridized carbons (Fsp3) is 0.120. The molecule has 7 nitrogen and oxygen atoms in total. The first-order valence-corrected chi connectivity index (χ1v) is 11.9. The number of aromatic nitrogens is 2. The molecule has 33 heavy (non-hydrogen) atoms. The van der Waals surface area contributed by atoms with Crippen LogP contribution in [0.1, 0.15) is 22.8 Å². The maximum absolute atomic E-state index is 13.3. The molecule has 0 saturated heterocycles. The lowest BCUT2D eigenvalue weighted by atomic mass is 10.2. The number of nitrogens with one attached hydrogen (secondary N) is 1. The third kappa shape index (κ3) is 5.30. The summed E-state index contributed by atoms with van der Waals surface area (Å²) >= 11 is 0. The Bertz CT molecular complexity index is 1330. The van der Waals surface area contributed by atoms with Gasteiger partial charge >= 0.3 is 5.97 Å². The van der Waals surface area contributed by atoms with Gasteiger partial charge in [0, 0.05) is 17.4 Å². The molecule has 0 saturated carbocycles. The smallest absolute Gasteiger partial charge is 0.338 e. The van der Waals surface area contributed by atoms with Crippen molar-refractivity contribution in [2.45, 2.75) is 18.4 Å². The Morgan fingerprint density at radius 2 is 1.58 bits per heavy atom. The van der Waals surface area contributed by atoms with E-state index in [1.54, 1.807) is 11.6 Å². The Morgan fingerprint density at radius 1 is 0.939 bits per heavy atom. The van der Waals surface area contributed by atoms with Crippen molar-refractivity contribution in [1.82, 2.24) is 9.78 Å². The van der Waals surface area contributed by atoms with Crippen LogP contribution in [0.25, 0.3) is 11.3 Å². The third-order valence-corrected chi connectivity index (χ3v) is 6.28. The zero-order valence-corrected chi connectivity index (χ0v) is 18.8. The standard InChI is InChI=1S/C25H23N3O4S/c1-2-32-25(29)21-13-15-22(16-14-21)27-33(30,31)23-18-28(17-19-9-5-3-6-10-19)26-24(23)20-11-7-4-8-12-20/h3-16,18,27H,2,17H2,1H3. The largest absolute Gasteiger partial charge is 0.462 e. The van der Waals surface area contributed by atoms with Gasteiger partial charge in [0.1, 0.15) is 10.6 Å². The normalized spacial score (nSPS) is 11.2. The quantitative estimate of drug-likeness (QED) is 0.388. The molecule has 168 valence electrons. The number of rotatable bonds is 8. The molecule has 0 unspecified atom stereocenters. The van der Waals surface area contributed by atoms with Gasteiger partial charge in [-0.15, -0.1) is 0 Å². The summed E-state index contributed by atoms with van der Waals surface area (Å²) in [4.78, 5) is 11.9. The van der Waals surface area contributed by atoms with Crippen LogP contribution in [0.15, 0.2) is 96.0 Å². The van der Waals surface area contributed by atoms with Gasteiger partial charge < -0.3 is 4.74 Å². The predicted molar refractivity (Wildman–Crippen MR) is 126 cm³/mol. The van der Waals surface area contributed by atoms with Crippen LogP contribution >= 0.6 is 0 Å². The summed E-state index contributed by atoms with van der Waals surface area (Å²) in [5, 5.41) is 4.58. The minimum atomic E-state index is -3.96. The van der Waals surface area contributed by atoms with Gasteiger partial charge in [-0.3, -0.25) is 9.40 Å². The second-order valence-electron chi connectivity index (χ2n) is 7.29. The van der Waals surface area contributed by atoms with Crippen molar-refractivity contribution in [1.29, 1.82) is 0 Å². The second kappa shape index (κ2) is 9.70. The van der Waals surface area contributed by atoms with E-state index in [1.165, 1.54) is 30.5 Å². The van der Waals surface area contributed by atoms with E-state index in [4.69, 9.17) is 4.74 Å². The summed E-state index contributed by atoms with van der Waals surface area (Å²) in [6.07, 6.45) is 1.53. The molecule has 1 N–H and O–H groups in total.